The molecule has 0 unspecified atom stereocenters. The van der Waals surface area contributed by atoms with Crippen LogP contribution in [-0.2, 0) is 27.1 Å². The molecule has 4 heterocycles. The Morgan fingerprint density at radius 3 is 2.67 bits per heavy atom. The van der Waals surface area contributed by atoms with Gasteiger partial charge in [-0.1, -0.05) is 42.4 Å². The van der Waals surface area contributed by atoms with Crippen molar-refractivity contribution in [2.45, 2.75) is 43.6 Å². The van der Waals surface area contributed by atoms with Crippen LogP contribution in [-0.4, -0.2) is 86.0 Å². The molecule has 0 saturated carbocycles. The molecule has 0 radical (unpaired) electrons. The molecule has 2 aromatic carbocycles. The van der Waals surface area contributed by atoms with E-state index in [1.807, 2.05) is 30.1 Å². The molecule has 0 bridgehead atoms. The summed E-state index contributed by atoms with van der Waals surface area (Å²) in [7, 11) is -1.88. The van der Waals surface area contributed by atoms with Gasteiger partial charge in [0.05, 0.1) is 47.2 Å². The van der Waals surface area contributed by atoms with Crippen molar-refractivity contribution in [2.24, 2.45) is 0 Å². The topological polar surface area (TPSA) is 123 Å². The molecule has 0 N–H and O–H groups in total. The van der Waals surface area contributed by atoms with Gasteiger partial charge in [0.1, 0.15) is 12.4 Å². The fourth-order valence-corrected chi connectivity index (χ4v) is 8.29. The number of rotatable bonds is 7. The van der Waals surface area contributed by atoms with Crippen LogP contribution in [0, 0.1) is 11.3 Å². The number of benzene rings is 2. The van der Waals surface area contributed by atoms with Crippen molar-refractivity contribution in [2.75, 3.05) is 49.0 Å². The second-order valence-electron chi connectivity index (χ2n) is 11.6. The van der Waals surface area contributed by atoms with Crippen LogP contribution in [0.15, 0.2) is 48.8 Å². The van der Waals surface area contributed by atoms with E-state index in [9.17, 15) is 22.9 Å². The Kier molecular flexibility index (Phi) is 8.56. The number of carbonyl (C=O) groups excluding carboxylic acids is 1. The van der Waals surface area contributed by atoms with Crippen molar-refractivity contribution in [1.29, 1.82) is 5.26 Å². The Morgan fingerprint density at radius 2 is 1.96 bits per heavy atom. The molecule has 1 amide bonds. The number of aromatic nitrogens is 2. The fourth-order valence-electron chi connectivity index (χ4n) is 6.43. The van der Waals surface area contributed by atoms with Gasteiger partial charge < -0.3 is 19.4 Å². The van der Waals surface area contributed by atoms with Crippen molar-refractivity contribution in [3.63, 3.8) is 0 Å². The molecule has 0 spiro atoms. The van der Waals surface area contributed by atoms with E-state index in [1.54, 1.807) is 18.2 Å². The third-order valence-electron chi connectivity index (χ3n) is 8.79. The van der Waals surface area contributed by atoms with Crippen molar-refractivity contribution >= 4 is 49.8 Å². The van der Waals surface area contributed by atoms with E-state index in [-0.39, 0.29) is 50.4 Å². The maximum atomic E-state index is 14.0. The minimum Gasteiger partial charge on any atom is -0.462 e. The standard InChI is InChI=1S/C31H33ClFN7O4S/c1-20(33)30(41)39-15-14-38(16-22(39)11-12-34)29-24-19-45(42,43)40(27-10-4-7-21-6-3-9-25(32)28(21)27)17-26(24)35-31(36-29)44-18-23-8-5-13-37(23)2/h3-4,6-7,9-10,22-23H,1,5,8,11,13-19H2,2H3/t22-,23-/m0/s1. The third kappa shape index (κ3) is 6.02. The average Bonchev–Trinajstić information content (AvgIpc) is 3.43. The van der Waals surface area contributed by atoms with Crippen molar-refractivity contribution in [1.82, 2.24) is 19.8 Å². The summed E-state index contributed by atoms with van der Waals surface area (Å²) in [5.74, 6) is -1.98. The molecule has 0 aliphatic carbocycles. The number of fused-ring (bicyclic) bond motifs is 2. The number of piperazine rings is 1. The van der Waals surface area contributed by atoms with Gasteiger partial charge in [0, 0.05) is 36.6 Å². The van der Waals surface area contributed by atoms with Crippen LogP contribution in [0.3, 0.4) is 0 Å². The quantitative estimate of drug-likeness (QED) is 0.348. The number of nitriles is 1. The van der Waals surface area contributed by atoms with E-state index in [1.165, 1.54) is 9.21 Å². The summed E-state index contributed by atoms with van der Waals surface area (Å²) in [4.78, 5) is 27.3. The molecular weight excluding hydrogens is 621 g/mol. The maximum absolute atomic E-state index is 14.0. The average molecular weight is 654 g/mol. The molecule has 14 heteroatoms. The van der Waals surface area contributed by atoms with E-state index >= 15 is 0 Å². The molecule has 45 heavy (non-hydrogen) atoms. The van der Waals surface area contributed by atoms with Crippen LogP contribution in [0.4, 0.5) is 15.9 Å². The van der Waals surface area contributed by atoms with Crippen molar-refractivity contribution in [3.8, 4) is 12.1 Å². The number of hydrogen-bond acceptors (Lipinski definition) is 9. The number of anilines is 2. The normalized spacial score (nSPS) is 21.4. The Balaban J connectivity index is 1.40. The minimum atomic E-state index is -3.92. The van der Waals surface area contributed by atoms with Gasteiger partial charge in [-0.2, -0.15) is 15.2 Å². The summed E-state index contributed by atoms with van der Waals surface area (Å²) in [6.45, 7) is 4.87. The van der Waals surface area contributed by atoms with E-state index in [2.05, 4.69) is 17.5 Å². The second kappa shape index (κ2) is 12.4. The third-order valence-corrected chi connectivity index (χ3v) is 10.8. The summed E-state index contributed by atoms with van der Waals surface area (Å²) in [6, 6.07) is 12.6. The number of halogens is 2. The van der Waals surface area contributed by atoms with E-state index in [0.717, 1.165) is 24.8 Å². The van der Waals surface area contributed by atoms with Crippen LogP contribution >= 0.6 is 11.6 Å². The number of carbonyl (C=O) groups is 1. The number of ether oxygens (including phenoxy) is 1. The first-order valence-electron chi connectivity index (χ1n) is 14.7. The van der Waals surface area contributed by atoms with Gasteiger partial charge in [0.25, 0.3) is 5.91 Å². The number of sulfonamides is 1. The zero-order valence-corrected chi connectivity index (χ0v) is 26.4. The SMILES string of the molecule is C=C(F)C(=O)N1CCN(c2nc(OC[C@@H]3CCCN3C)nc3c2CS(=O)(=O)N(c2cccc4cccc(Cl)c24)C3)C[C@@H]1CC#N. The fraction of sp³-hybridized carbons (Fsp3) is 0.419. The zero-order valence-electron chi connectivity index (χ0n) is 24.8. The largest absolute Gasteiger partial charge is 0.462 e. The predicted molar refractivity (Wildman–Crippen MR) is 169 cm³/mol. The van der Waals surface area contributed by atoms with Crippen LogP contribution in [0.2, 0.25) is 5.02 Å². The number of hydrogen-bond donors (Lipinski definition) is 0. The molecule has 3 aromatic rings. The van der Waals surface area contributed by atoms with Crippen LogP contribution < -0.4 is 13.9 Å². The lowest BCUT2D eigenvalue weighted by atomic mass is 10.1. The van der Waals surface area contributed by atoms with E-state index in [4.69, 9.17) is 26.3 Å². The Morgan fingerprint density at radius 1 is 1.18 bits per heavy atom. The van der Waals surface area contributed by atoms with Gasteiger partial charge in [0.15, 0.2) is 5.83 Å². The van der Waals surface area contributed by atoms with Gasteiger partial charge in [-0.05, 0) is 44.0 Å². The van der Waals surface area contributed by atoms with Gasteiger partial charge in [-0.25, -0.2) is 12.8 Å². The van der Waals surface area contributed by atoms with Gasteiger partial charge in [-0.15, -0.1) is 0 Å². The van der Waals surface area contributed by atoms with Crippen LogP contribution in [0.1, 0.15) is 30.5 Å². The monoisotopic (exact) mass is 653 g/mol. The summed E-state index contributed by atoms with van der Waals surface area (Å²) < 4.78 is 49.2. The molecule has 3 aliphatic heterocycles. The summed E-state index contributed by atoms with van der Waals surface area (Å²) in [6.07, 6.45) is 2.00. The number of likely N-dealkylation sites (tertiary alicyclic amines) is 1. The summed E-state index contributed by atoms with van der Waals surface area (Å²) >= 11 is 6.58. The lowest BCUT2D eigenvalue weighted by molar-refractivity contribution is -0.131. The van der Waals surface area contributed by atoms with Gasteiger partial charge >= 0.3 is 6.01 Å². The highest BCUT2D eigenvalue weighted by Gasteiger charge is 2.39. The van der Waals surface area contributed by atoms with Crippen LogP contribution in [0.25, 0.3) is 10.8 Å². The van der Waals surface area contributed by atoms with Crippen LogP contribution in [0.5, 0.6) is 6.01 Å². The highest BCUT2D eigenvalue weighted by Crippen LogP contribution is 2.40. The highest BCUT2D eigenvalue weighted by atomic mass is 35.5. The number of likely N-dealkylation sites (N-methyl/N-ethyl adjacent to an activating group) is 1. The number of nitrogens with zero attached hydrogens (tertiary/aromatic N) is 7. The first kappa shape index (κ1) is 31.0. The maximum Gasteiger partial charge on any atom is 0.318 e. The Bertz CT molecular complexity index is 1810. The van der Waals surface area contributed by atoms with Crippen molar-refractivity contribution < 1.29 is 22.3 Å². The smallest absolute Gasteiger partial charge is 0.318 e. The predicted octanol–water partition coefficient (Wildman–Crippen LogP) is 4.02. The first-order chi connectivity index (χ1) is 21.6. The molecular formula is C31H33ClFN7O4S. The zero-order chi connectivity index (χ0) is 31.9. The lowest BCUT2D eigenvalue weighted by Crippen LogP contribution is -2.56. The molecule has 2 fully saturated rings. The van der Waals surface area contributed by atoms with Crippen molar-refractivity contribution in [3.05, 3.63) is 65.1 Å². The first-order valence-corrected chi connectivity index (χ1v) is 16.7. The molecule has 11 nitrogen and oxygen atoms in total. The number of amides is 1. The lowest BCUT2D eigenvalue weighted by Gasteiger charge is -2.42. The molecule has 3 aliphatic rings. The molecule has 6 rings (SSSR count). The molecule has 2 atom stereocenters. The van der Waals surface area contributed by atoms with Gasteiger partial charge in [-0.3, -0.25) is 9.10 Å². The molecule has 2 saturated heterocycles. The van der Waals surface area contributed by atoms with Gasteiger partial charge in [0.2, 0.25) is 10.0 Å². The second-order valence-corrected chi connectivity index (χ2v) is 13.9. The van der Waals surface area contributed by atoms with E-state index < -0.39 is 27.8 Å². The summed E-state index contributed by atoms with van der Waals surface area (Å²) in [5, 5.41) is 11.3. The highest BCUT2D eigenvalue weighted by molar-refractivity contribution is 7.92. The Labute approximate surface area is 266 Å². The minimum absolute atomic E-state index is 0.0475. The van der Waals surface area contributed by atoms with E-state index in [0.29, 0.717) is 39.8 Å². The Hall–Kier alpha value is -3.99. The summed E-state index contributed by atoms with van der Waals surface area (Å²) in [5.41, 5.74) is 1.36. The molecule has 1 aromatic heterocycles. The molecule has 236 valence electrons.